The van der Waals surface area contributed by atoms with Gasteiger partial charge in [0.1, 0.15) is 11.6 Å². The molecule has 5 nitrogen and oxygen atoms in total. The quantitative estimate of drug-likeness (QED) is 0.544. The molecule has 0 bridgehead atoms. The van der Waals surface area contributed by atoms with Crippen molar-refractivity contribution in [3.8, 4) is 0 Å². The van der Waals surface area contributed by atoms with Crippen LogP contribution < -0.4 is 5.32 Å². The summed E-state index contributed by atoms with van der Waals surface area (Å²) in [4.78, 5) is 22.4. The molecule has 0 spiro atoms. The van der Waals surface area contributed by atoms with E-state index in [1.165, 1.54) is 6.07 Å². The van der Waals surface area contributed by atoms with Gasteiger partial charge in [0.2, 0.25) is 5.91 Å². The lowest BCUT2D eigenvalue weighted by Gasteiger charge is -2.25. The van der Waals surface area contributed by atoms with Gasteiger partial charge in [-0.05, 0) is 61.2 Å². The van der Waals surface area contributed by atoms with Crippen molar-refractivity contribution in [2.45, 2.75) is 39.4 Å². The van der Waals surface area contributed by atoms with Crippen LogP contribution in [0.2, 0.25) is 0 Å². The molecule has 1 N–H and O–H groups in total. The summed E-state index contributed by atoms with van der Waals surface area (Å²) in [5.74, 6) is 1.21. The van der Waals surface area contributed by atoms with Crippen LogP contribution in [0.25, 0.3) is 16.5 Å². The molecule has 1 aliphatic heterocycles. The molecule has 1 aromatic heterocycles. The summed E-state index contributed by atoms with van der Waals surface area (Å²) in [7, 11) is 0. The zero-order valence-electron chi connectivity index (χ0n) is 18.7. The molecule has 0 saturated heterocycles. The van der Waals surface area contributed by atoms with Crippen molar-refractivity contribution in [3.05, 3.63) is 71.1 Å². The summed E-state index contributed by atoms with van der Waals surface area (Å²) in [5.41, 5.74) is 2.76. The lowest BCUT2D eigenvalue weighted by Crippen LogP contribution is -2.32. The number of hydrogen-bond donors (Lipinski definition) is 1. The molecule has 0 radical (unpaired) electrons. The van der Waals surface area contributed by atoms with Gasteiger partial charge in [0.15, 0.2) is 0 Å². The van der Waals surface area contributed by atoms with Crippen LogP contribution in [0.5, 0.6) is 0 Å². The van der Waals surface area contributed by atoms with Gasteiger partial charge in [-0.1, -0.05) is 24.3 Å². The number of carbonyl (C=O) groups excluding carboxylic acids is 1. The minimum atomic E-state index is -4.39. The molecule has 0 fully saturated rings. The highest BCUT2D eigenvalue weighted by Crippen LogP contribution is 2.33. The van der Waals surface area contributed by atoms with Gasteiger partial charge < -0.3 is 10.2 Å². The van der Waals surface area contributed by atoms with Gasteiger partial charge in [0.05, 0.1) is 11.1 Å². The van der Waals surface area contributed by atoms with Gasteiger partial charge in [-0.2, -0.15) is 13.2 Å². The second kappa shape index (κ2) is 8.84. The number of aromatic nitrogens is 2. The molecule has 8 heteroatoms. The molecular formula is C25H25F3N4O. The molecular weight excluding hydrogens is 429 g/mol. The number of hydrogen-bond acceptors (Lipinski definition) is 4. The largest absolute Gasteiger partial charge is 0.416 e. The molecule has 1 amide bonds. The topological polar surface area (TPSA) is 58.1 Å². The summed E-state index contributed by atoms with van der Waals surface area (Å²) in [6.45, 7) is 6.40. The van der Waals surface area contributed by atoms with Crippen molar-refractivity contribution < 1.29 is 18.0 Å². The number of anilines is 1. The van der Waals surface area contributed by atoms with E-state index in [-0.39, 0.29) is 5.91 Å². The Kier molecular flexibility index (Phi) is 6.10. The molecule has 172 valence electrons. The predicted molar refractivity (Wildman–Crippen MR) is 123 cm³/mol. The Labute approximate surface area is 190 Å². The maximum absolute atomic E-state index is 13.1. The number of alkyl halides is 3. The van der Waals surface area contributed by atoms with Crippen LogP contribution in [0.1, 0.15) is 48.8 Å². The lowest BCUT2D eigenvalue weighted by atomic mass is 9.97. The maximum Gasteiger partial charge on any atom is 0.416 e. The van der Waals surface area contributed by atoms with Crippen LogP contribution in [-0.4, -0.2) is 33.9 Å². The number of rotatable bonds is 4. The number of benzene rings is 2. The van der Waals surface area contributed by atoms with Gasteiger partial charge in [0.25, 0.3) is 0 Å². The van der Waals surface area contributed by atoms with Crippen LogP contribution in [-0.2, 0) is 11.0 Å². The molecule has 3 aromatic rings. The van der Waals surface area contributed by atoms with E-state index < -0.39 is 17.8 Å². The average molecular weight is 454 g/mol. The third kappa shape index (κ3) is 4.99. The predicted octanol–water partition coefficient (Wildman–Crippen LogP) is 5.77. The highest BCUT2D eigenvalue weighted by molar-refractivity contribution is 5.92. The molecule has 0 saturated carbocycles. The Balaban J connectivity index is 1.66. The standard InChI is InChI=1S/C25H25F3N4O/c1-15(19-5-4-6-21(13-19)25(26,27)28)29-24-22-14-20(7-8-23(22)30-16(2)31-24)18-9-11-32(12-10-18)17(3)33/h4-9,13-15H,10-12H2,1-3H3,(H,29,30,31)/t15-/m1/s1. The normalized spacial score (nSPS) is 15.3. The van der Waals surface area contributed by atoms with E-state index in [4.69, 9.17) is 0 Å². The third-order valence-corrected chi connectivity index (χ3v) is 5.90. The van der Waals surface area contributed by atoms with Crippen LogP contribution in [0.15, 0.2) is 48.5 Å². The number of fused-ring (bicyclic) bond motifs is 1. The van der Waals surface area contributed by atoms with E-state index in [0.29, 0.717) is 30.3 Å². The van der Waals surface area contributed by atoms with Crippen LogP contribution >= 0.6 is 0 Å². The summed E-state index contributed by atoms with van der Waals surface area (Å²) in [6.07, 6.45) is -1.59. The minimum Gasteiger partial charge on any atom is -0.363 e. The second-order valence-corrected chi connectivity index (χ2v) is 8.28. The number of amides is 1. The lowest BCUT2D eigenvalue weighted by molar-refractivity contribution is -0.137. The smallest absolute Gasteiger partial charge is 0.363 e. The third-order valence-electron chi connectivity index (χ3n) is 5.90. The van der Waals surface area contributed by atoms with Crippen LogP contribution in [0.4, 0.5) is 19.0 Å². The first kappa shape index (κ1) is 22.8. The maximum atomic E-state index is 13.1. The first-order chi connectivity index (χ1) is 15.6. The summed E-state index contributed by atoms with van der Waals surface area (Å²) >= 11 is 0. The molecule has 1 atom stereocenters. The van der Waals surface area contributed by atoms with Crippen molar-refractivity contribution in [3.63, 3.8) is 0 Å². The first-order valence-electron chi connectivity index (χ1n) is 10.8. The van der Waals surface area contributed by atoms with Gasteiger partial charge in [-0.3, -0.25) is 4.79 Å². The Bertz CT molecular complexity index is 1240. The van der Waals surface area contributed by atoms with E-state index in [0.717, 1.165) is 40.6 Å². The van der Waals surface area contributed by atoms with Crippen molar-refractivity contribution in [1.29, 1.82) is 0 Å². The molecule has 0 aliphatic carbocycles. The summed E-state index contributed by atoms with van der Waals surface area (Å²) in [5, 5.41) is 4.08. The Morgan fingerprint density at radius 2 is 1.94 bits per heavy atom. The fourth-order valence-electron chi connectivity index (χ4n) is 4.04. The Morgan fingerprint density at radius 3 is 2.61 bits per heavy atom. The monoisotopic (exact) mass is 454 g/mol. The van der Waals surface area contributed by atoms with Crippen LogP contribution in [0, 0.1) is 6.92 Å². The zero-order chi connectivity index (χ0) is 23.8. The Hall–Kier alpha value is -3.42. The second-order valence-electron chi connectivity index (χ2n) is 8.28. The molecule has 4 rings (SSSR count). The zero-order valence-corrected chi connectivity index (χ0v) is 18.7. The van der Waals surface area contributed by atoms with Gasteiger partial charge in [-0.15, -0.1) is 0 Å². The van der Waals surface area contributed by atoms with E-state index in [1.54, 1.807) is 24.8 Å². The van der Waals surface area contributed by atoms with Gasteiger partial charge in [0, 0.05) is 31.4 Å². The van der Waals surface area contributed by atoms with Gasteiger partial charge >= 0.3 is 6.18 Å². The molecule has 2 heterocycles. The number of carbonyl (C=O) groups is 1. The molecule has 33 heavy (non-hydrogen) atoms. The fourth-order valence-corrected chi connectivity index (χ4v) is 4.04. The van der Waals surface area contributed by atoms with Crippen LogP contribution in [0.3, 0.4) is 0 Å². The number of nitrogens with one attached hydrogen (secondary N) is 1. The molecule has 2 aromatic carbocycles. The van der Waals surface area contributed by atoms with Crippen molar-refractivity contribution >= 4 is 28.2 Å². The van der Waals surface area contributed by atoms with Crippen molar-refractivity contribution in [1.82, 2.24) is 14.9 Å². The number of nitrogens with zero attached hydrogens (tertiary/aromatic N) is 3. The number of aryl methyl sites for hydroxylation is 1. The highest BCUT2D eigenvalue weighted by atomic mass is 19.4. The van der Waals surface area contributed by atoms with E-state index in [2.05, 4.69) is 21.4 Å². The number of halogens is 3. The minimum absolute atomic E-state index is 0.0581. The first-order valence-corrected chi connectivity index (χ1v) is 10.8. The average Bonchev–Trinajstić information content (AvgIpc) is 2.78. The SMILES string of the molecule is CC(=O)N1CC=C(c2ccc3nc(C)nc(N[C@H](C)c4cccc(C(F)(F)F)c4)c3c2)CC1. The molecule has 1 aliphatic rings. The summed E-state index contributed by atoms with van der Waals surface area (Å²) in [6, 6.07) is 10.9. The van der Waals surface area contributed by atoms with E-state index in [9.17, 15) is 18.0 Å². The van der Waals surface area contributed by atoms with Crippen molar-refractivity contribution in [2.24, 2.45) is 0 Å². The fraction of sp³-hybridized carbons (Fsp3) is 0.320. The van der Waals surface area contributed by atoms with Gasteiger partial charge in [-0.25, -0.2) is 9.97 Å². The van der Waals surface area contributed by atoms with Crippen molar-refractivity contribution in [2.75, 3.05) is 18.4 Å². The highest BCUT2D eigenvalue weighted by Gasteiger charge is 2.30. The van der Waals surface area contributed by atoms with E-state index >= 15 is 0 Å². The van der Waals surface area contributed by atoms with E-state index in [1.807, 2.05) is 25.1 Å². The summed E-state index contributed by atoms with van der Waals surface area (Å²) < 4.78 is 39.4. The molecule has 0 unspecified atom stereocenters. The Morgan fingerprint density at radius 1 is 1.15 bits per heavy atom.